The van der Waals surface area contributed by atoms with Gasteiger partial charge in [0.25, 0.3) is 0 Å². The van der Waals surface area contributed by atoms with Crippen LogP contribution in [-0.4, -0.2) is 36.7 Å². The van der Waals surface area contributed by atoms with Crippen LogP contribution < -0.4 is 0 Å². The van der Waals surface area contributed by atoms with E-state index in [0.717, 1.165) is 15.8 Å². The molecule has 0 aliphatic heterocycles. The van der Waals surface area contributed by atoms with Gasteiger partial charge in [-0.05, 0) is 50.5 Å². The first-order chi connectivity index (χ1) is 9.21. The molecule has 0 fully saturated rings. The molecule has 0 saturated heterocycles. The van der Waals surface area contributed by atoms with Crippen LogP contribution in [-0.2, 0) is 6.37 Å². The smallest absolute Gasteiger partial charge is 0.0457 e. The van der Waals surface area contributed by atoms with Crippen LogP contribution in [0, 0.1) is 0 Å². The van der Waals surface area contributed by atoms with E-state index in [2.05, 4.69) is 4.98 Å². The SMILES string of the molecule is [2H]C([2H])(c1c[nH]c2ccc(SC)cc12)C([2H])([2H])N(C)C. The molecular formula is C13H18N2S. The van der Waals surface area contributed by atoms with Crippen LogP contribution >= 0.6 is 11.8 Å². The second-order valence-corrected chi connectivity index (χ2v) is 4.62. The van der Waals surface area contributed by atoms with Gasteiger partial charge in [-0.3, -0.25) is 0 Å². The van der Waals surface area contributed by atoms with E-state index in [-0.39, 0.29) is 0 Å². The highest BCUT2D eigenvalue weighted by Gasteiger charge is 2.04. The Kier molecular flexibility index (Phi) is 2.28. The number of aromatic nitrogens is 1. The summed E-state index contributed by atoms with van der Waals surface area (Å²) in [5.74, 6) is 0. The number of thioether (sulfide) groups is 1. The van der Waals surface area contributed by atoms with Gasteiger partial charge in [0, 0.05) is 34.0 Å². The molecule has 0 aliphatic rings. The quantitative estimate of drug-likeness (QED) is 0.826. The Morgan fingerprint density at radius 2 is 2.25 bits per heavy atom. The molecule has 0 atom stereocenters. The molecule has 0 spiro atoms. The average molecular weight is 238 g/mol. The van der Waals surface area contributed by atoms with Crippen molar-refractivity contribution in [2.45, 2.75) is 11.3 Å². The Bertz CT molecular complexity index is 622. The van der Waals surface area contributed by atoms with Crippen molar-refractivity contribution in [3.05, 3.63) is 30.0 Å². The first-order valence-electron chi connectivity index (χ1n) is 7.05. The Hall–Kier alpha value is -0.930. The highest BCUT2D eigenvalue weighted by atomic mass is 32.2. The Morgan fingerprint density at radius 3 is 2.94 bits per heavy atom. The van der Waals surface area contributed by atoms with Gasteiger partial charge in [0.2, 0.25) is 0 Å². The van der Waals surface area contributed by atoms with Crippen LogP contribution in [0.3, 0.4) is 0 Å². The minimum atomic E-state index is -2.12. The molecular weight excluding hydrogens is 216 g/mol. The van der Waals surface area contributed by atoms with E-state index >= 15 is 0 Å². The number of benzene rings is 1. The van der Waals surface area contributed by atoms with Gasteiger partial charge in [-0.1, -0.05) is 0 Å². The summed E-state index contributed by atoms with van der Waals surface area (Å²) in [5, 5.41) is 0.729. The van der Waals surface area contributed by atoms with Crippen molar-refractivity contribution in [3.63, 3.8) is 0 Å². The molecule has 1 aromatic carbocycles. The maximum atomic E-state index is 8.25. The Labute approximate surface area is 107 Å². The van der Waals surface area contributed by atoms with E-state index in [1.165, 1.54) is 4.90 Å². The fourth-order valence-corrected chi connectivity index (χ4v) is 1.94. The predicted molar refractivity (Wildman–Crippen MR) is 72.3 cm³/mol. The second kappa shape index (κ2) is 4.93. The molecule has 16 heavy (non-hydrogen) atoms. The topological polar surface area (TPSA) is 19.0 Å². The van der Waals surface area contributed by atoms with E-state index in [1.807, 2.05) is 24.5 Å². The number of fused-ring (bicyclic) bond motifs is 1. The number of hydrogen-bond donors (Lipinski definition) is 1. The molecule has 1 aromatic heterocycles. The zero-order valence-electron chi connectivity index (χ0n) is 13.7. The molecule has 0 bridgehead atoms. The number of nitrogens with zero attached hydrogens (tertiary/aromatic N) is 1. The number of rotatable bonds is 4. The van der Waals surface area contributed by atoms with Crippen molar-refractivity contribution in [1.29, 1.82) is 0 Å². The standard InChI is InChI=1S/C13H18N2S/c1-15(2)7-6-10-9-14-13-5-4-11(16-3)8-12(10)13/h4-5,8-9,14H,6-7H2,1-3H3/i6D2,7D2. The zero-order valence-corrected chi connectivity index (χ0v) is 10.5. The van der Waals surface area contributed by atoms with E-state index in [9.17, 15) is 0 Å². The molecule has 2 rings (SSSR count). The van der Waals surface area contributed by atoms with Crippen molar-refractivity contribution < 1.29 is 5.48 Å². The predicted octanol–water partition coefficient (Wildman–Crippen LogP) is 2.99. The Morgan fingerprint density at radius 1 is 1.44 bits per heavy atom. The fourth-order valence-electron chi connectivity index (χ4n) is 1.50. The summed E-state index contributed by atoms with van der Waals surface area (Å²) in [6.45, 7) is -2.10. The lowest BCUT2D eigenvalue weighted by atomic mass is 10.1. The van der Waals surface area contributed by atoms with Crippen molar-refractivity contribution in [2.75, 3.05) is 26.8 Å². The maximum absolute atomic E-state index is 8.25. The van der Waals surface area contributed by atoms with Gasteiger partial charge < -0.3 is 9.88 Å². The number of aryl methyl sites for hydroxylation is 1. The third-order valence-electron chi connectivity index (χ3n) is 2.30. The van der Waals surface area contributed by atoms with Crippen LogP contribution in [0.15, 0.2) is 29.3 Å². The third kappa shape index (κ3) is 2.42. The molecule has 86 valence electrons. The van der Waals surface area contributed by atoms with Crippen molar-refractivity contribution in [1.82, 2.24) is 9.88 Å². The second-order valence-electron chi connectivity index (χ2n) is 3.75. The molecule has 0 unspecified atom stereocenters. The summed E-state index contributed by atoms with van der Waals surface area (Å²) in [4.78, 5) is 5.32. The molecule has 0 amide bonds. The summed E-state index contributed by atoms with van der Waals surface area (Å²) >= 11 is 1.58. The highest BCUT2D eigenvalue weighted by molar-refractivity contribution is 7.98. The lowest BCUT2D eigenvalue weighted by Gasteiger charge is -2.08. The maximum Gasteiger partial charge on any atom is 0.0457 e. The summed E-state index contributed by atoms with van der Waals surface area (Å²) in [5.41, 5.74) is 1.17. The van der Waals surface area contributed by atoms with Crippen molar-refractivity contribution >= 4 is 22.7 Å². The normalized spacial score (nSPS) is 17.0. The molecule has 2 nitrogen and oxygen atoms in total. The number of likely N-dealkylation sites (N-methyl/N-ethyl adjacent to an activating group) is 1. The largest absolute Gasteiger partial charge is 0.361 e. The molecule has 0 saturated carbocycles. The first kappa shape index (κ1) is 7.41. The Balaban J connectivity index is 2.62. The number of H-pyrrole nitrogens is 1. The summed E-state index contributed by atoms with van der Waals surface area (Å²) in [6.07, 6.45) is 1.41. The molecule has 0 radical (unpaired) electrons. The van der Waals surface area contributed by atoms with Gasteiger partial charge >= 0.3 is 0 Å². The van der Waals surface area contributed by atoms with E-state index in [0.29, 0.717) is 5.56 Å². The molecule has 3 heteroatoms. The lowest BCUT2D eigenvalue weighted by Crippen LogP contribution is -2.14. The molecule has 1 N–H and O–H groups in total. The summed E-state index contributed by atoms with van der Waals surface area (Å²) in [6, 6.07) is 5.75. The van der Waals surface area contributed by atoms with E-state index in [1.54, 1.807) is 32.1 Å². The molecule has 0 aliphatic carbocycles. The van der Waals surface area contributed by atoms with Gasteiger partial charge in [0.1, 0.15) is 0 Å². The van der Waals surface area contributed by atoms with Crippen LogP contribution in [0.2, 0.25) is 0 Å². The minimum Gasteiger partial charge on any atom is -0.361 e. The number of hydrogen-bond acceptors (Lipinski definition) is 2. The van der Waals surface area contributed by atoms with Gasteiger partial charge in [-0.25, -0.2) is 0 Å². The number of nitrogens with one attached hydrogen (secondary N) is 1. The first-order valence-corrected chi connectivity index (χ1v) is 6.27. The van der Waals surface area contributed by atoms with Crippen LogP contribution in [0.5, 0.6) is 0 Å². The molecule has 1 heterocycles. The van der Waals surface area contributed by atoms with Gasteiger partial charge in [-0.2, -0.15) is 0 Å². The van der Waals surface area contributed by atoms with Crippen molar-refractivity contribution in [2.24, 2.45) is 0 Å². The van der Waals surface area contributed by atoms with Crippen LogP contribution in [0.1, 0.15) is 11.0 Å². The number of aromatic amines is 1. The van der Waals surface area contributed by atoms with E-state index < -0.39 is 12.9 Å². The third-order valence-corrected chi connectivity index (χ3v) is 3.03. The highest BCUT2D eigenvalue weighted by Crippen LogP contribution is 2.24. The summed E-state index contributed by atoms with van der Waals surface area (Å²) in [7, 11) is 3.08. The van der Waals surface area contributed by atoms with E-state index in [4.69, 9.17) is 5.48 Å². The minimum absolute atomic E-state index is 0.349. The molecule has 2 aromatic rings. The van der Waals surface area contributed by atoms with Gasteiger partial charge in [-0.15, -0.1) is 11.8 Å². The van der Waals surface area contributed by atoms with Crippen LogP contribution in [0.4, 0.5) is 0 Å². The lowest BCUT2D eigenvalue weighted by molar-refractivity contribution is 0.414. The zero-order chi connectivity index (χ0) is 15.1. The average Bonchev–Trinajstić information content (AvgIpc) is 2.81. The monoisotopic (exact) mass is 238 g/mol. The van der Waals surface area contributed by atoms with Crippen LogP contribution in [0.25, 0.3) is 10.9 Å². The van der Waals surface area contributed by atoms with Crippen molar-refractivity contribution in [3.8, 4) is 0 Å². The van der Waals surface area contributed by atoms with Gasteiger partial charge in [0.05, 0.1) is 0 Å². The summed E-state index contributed by atoms with van der Waals surface area (Å²) < 4.78 is 32.6. The fraction of sp³-hybridized carbons (Fsp3) is 0.385. The van der Waals surface area contributed by atoms with Gasteiger partial charge in [0.15, 0.2) is 0 Å².